The fraction of sp³-hybridized carbons (Fsp3) is 0.750. The summed E-state index contributed by atoms with van der Waals surface area (Å²) in [4.78, 5) is 0. The predicted octanol–water partition coefficient (Wildman–Crippen LogP) is 4.53. The molecule has 128 valence electrons. The maximum atomic E-state index is 10.0. The van der Waals surface area contributed by atoms with Crippen LogP contribution in [-0.4, -0.2) is 23.9 Å². The highest BCUT2D eigenvalue weighted by molar-refractivity contribution is 5.29. The Kier molecular flexibility index (Phi) is 7.85. The summed E-state index contributed by atoms with van der Waals surface area (Å²) in [5.41, 5.74) is 1.40. The number of aliphatic hydroxyl groups is 1. The number of aliphatic hydroxyl groups excluding tert-OH is 1. The number of hydrogen-bond donors (Lipinski definition) is 1. The second-order valence-corrected chi connectivity index (χ2v) is 6.95. The Hall–Kier alpha value is -1.11. The van der Waals surface area contributed by atoms with E-state index in [0.717, 1.165) is 38.5 Å². The predicted molar refractivity (Wildman–Crippen MR) is 92.8 cm³/mol. The summed E-state index contributed by atoms with van der Waals surface area (Å²) in [5, 5.41) is 18.6. The van der Waals surface area contributed by atoms with Crippen molar-refractivity contribution in [1.82, 2.24) is 0 Å². The van der Waals surface area contributed by atoms with Crippen molar-refractivity contribution in [3.63, 3.8) is 0 Å². The first-order valence-corrected chi connectivity index (χ1v) is 9.29. The van der Waals surface area contributed by atoms with Crippen LogP contribution in [0.15, 0.2) is 23.8 Å². The lowest BCUT2D eigenvalue weighted by atomic mass is 9.94. The third kappa shape index (κ3) is 5.79. The van der Waals surface area contributed by atoms with Crippen LogP contribution in [0.4, 0.5) is 0 Å². The average Bonchev–Trinajstić information content (AvgIpc) is 3.10. The molecule has 23 heavy (non-hydrogen) atoms. The van der Waals surface area contributed by atoms with E-state index in [1.54, 1.807) is 0 Å². The van der Waals surface area contributed by atoms with Crippen LogP contribution in [0.5, 0.6) is 0 Å². The molecule has 1 N–H and O–H groups in total. The maximum absolute atomic E-state index is 10.0. The molecular weight excluding hydrogens is 286 g/mol. The Labute approximate surface area is 141 Å². The van der Waals surface area contributed by atoms with Gasteiger partial charge in [-0.15, -0.1) is 0 Å². The number of ether oxygens (including phenoxy) is 1. The van der Waals surface area contributed by atoms with Gasteiger partial charge in [0.25, 0.3) is 0 Å². The number of fused-ring (bicyclic) bond motifs is 1. The zero-order chi connectivity index (χ0) is 16.5. The van der Waals surface area contributed by atoms with Gasteiger partial charge in [0.1, 0.15) is 0 Å². The highest BCUT2D eigenvalue weighted by Crippen LogP contribution is 2.45. The van der Waals surface area contributed by atoms with Crippen molar-refractivity contribution < 1.29 is 9.84 Å². The van der Waals surface area contributed by atoms with Crippen LogP contribution in [-0.2, 0) is 4.74 Å². The number of unbranched alkanes of at least 4 members (excludes halogenated alkanes) is 3. The van der Waals surface area contributed by atoms with E-state index in [9.17, 15) is 5.11 Å². The van der Waals surface area contributed by atoms with Crippen molar-refractivity contribution in [3.05, 3.63) is 23.8 Å². The molecule has 0 aromatic rings. The normalized spacial score (nSPS) is 27.9. The summed E-state index contributed by atoms with van der Waals surface area (Å²) in [5.74, 6) is 1.32. The minimum absolute atomic E-state index is 0.305. The summed E-state index contributed by atoms with van der Waals surface area (Å²) in [6, 6.07) is 2.16. The SMILES string of the molecule is CCCCCC(O)C=CC1=CC[C@@H]2C[C@@H](OCCCC#N)C[C@@H]12. The fourth-order valence-electron chi connectivity index (χ4n) is 3.83. The smallest absolute Gasteiger partial charge is 0.0724 e. The molecule has 4 atom stereocenters. The lowest BCUT2D eigenvalue weighted by Crippen LogP contribution is -2.10. The van der Waals surface area contributed by atoms with Crippen molar-refractivity contribution in [2.24, 2.45) is 11.8 Å². The molecule has 0 amide bonds. The van der Waals surface area contributed by atoms with Crippen molar-refractivity contribution in [3.8, 4) is 6.07 Å². The molecule has 2 rings (SSSR count). The van der Waals surface area contributed by atoms with E-state index in [0.29, 0.717) is 31.0 Å². The monoisotopic (exact) mass is 317 g/mol. The van der Waals surface area contributed by atoms with Crippen LogP contribution in [0.25, 0.3) is 0 Å². The second kappa shape index (κ2) is 9.90. The number of hydrogen-bond acceptors (Lipinski definition) is 3. The quantitative estimate of drug-likeness (QED) is 0.602. The lowest BCUT2D eigenvalue weighted by molar-refractivity contribution is 0.0533. The van der Waals surface area contributed by atoms with E-state index >= 15 is 0 Å². The molecule has 1 fully saturated rings. The molecule has 0 aromatic carbocycles. The van der Waals surface area contributed by atoms with Gasteiger partial charge in [0.15, 0.2) is 0 Å². The molecule has 2 aliphatic rings. The minimum Gasteiger partial charge on any atom is -0.389 e. The summed E-state index contributed by atoms with van der Waals surface area (Å²) < 4.78 is 5.93. The zero-order valence-corrected chi connectivity index (χ0v) is 14.4. The van der Waals surface area contributed by atoms with Crippen molar-refractivity contribution >= 4 is 0 Å². The van der Waals surface area contributed by atoms with Gasteiger partial charge in [-0.05, 0) is 49.5 Å². The first-order valence-electron chi connectivity index (χ1n) is 9.29. The third-order valence-corrected chi connectivity index (χ3v) is 5.14. The van der Waals surface area contributed by atoms with E-state index in [-0.39, 0.29) is 6.10 Å². The molecule has 0 spiro atoms. The van der Waals surface area contributed by atoms with Crippen LogP contribution in [0.1, 0.15) is 64.7 Å². The van der Waals surface area contributed by atoms with Crippen molar-refractivity contribution in [1.29, 1.82) is 5.26 Å². The third-order valence-electron chi connectivity index (χ3n) is 5.14. The van der Waals surface area contributed by atoms with E-state index in [1.165, 1.54) is 18.4 Å². The van der Waals surface area contributed by atoms with Gasteiger partial charge < -0.3 is 9.84 Å². The highest BCUT2D eigenvalue weighted by atomic mass is 16.5. The van der Waals surface area contributed by atoms with Crippen molar-refractivity contribution in [2.75, 3.05) is 6.61 Å². The zero-order valence-electron chi connectivity index (χ0n) is 14.4. The number of nitrogens with zero attached hydrogens (tertiary/aromatic N) is 1. The van der Waals surface area contributed by atoms with Gasteiger partial charge in [-0.25, -0.2) is 0 Å². The summed E-state index contributed by atoms with van der Waals surface area (Å²) in [6.45, 7) is 2.90. The van der Waals surface area contributed by atoms with E-state index in [1.807, 2.05) is 6.08 Å². The standard InChI is InChI=1S/C20H31NO2/c1-2-3-4-7-18(22)11-10-16-8-9-17-14-19(15-20(16)17)23-13-6-5-12-21/h8,10-11,17-20,22H,2-7,9,13-15H2,1H3/t17-,18?,19-,20+/m1/s1. The summed E-state index contributed by atoms with van der Waals surface area (Å²) >= 11 is 0. The van der Waals surface area contributed by atoms with Gasteiger partial charge >= 0.3 is 0 Å². The fourth-order valence-corrected chi connectivity index (χ4v) is 3.83. The Morgan fingerprint density at radius 1 is 1.39 bits per heavy atom. The van der Waals surface area contributed by atoms with E-state index < -0.39 is 0 Å². The summed E-state index contributed by atoms with van der Waals surface area (Å²) in [6.07, 6.45) is 15.7. The molecule has 1 unspecified atom stereocenters. The van der Waals surface area contributed by atoms with Gasteiger partial charge in [0.05, 0.1) is 18.3 Å². The molecule has 0 bridgehead atoms. The van der Waals surface area contributed by atoms with Gasteiger partial charge in [-0.1, -0.05) is 44.4 Å². The van der Waals surface area contributed by atoms with Crippen LogP contribution in [0, 0.1) is 23.2 Å². The largest absolute Gasteiger partial charge is 0.389 e. The minimum atomic E-state index is -0.305. The van der Waals surface area contributed by atoms with Crippen LogP contribution < -0.4 is 0 Å². The van der Waals surface area contributed by atoms with Gasteiger partial charge in [-0.3, -0.25) is 0 Å². The molecule has 0 aliphatic heterocycles. The molecular formula is C20H31NO2. The van der Waals surface area contributed by atoms with Gasteiger partial charge in [-0.2, -0.15) is 5.26 Å². The Morgan fingerprint density at radius 3 is 3.04 bits per heavy atom. The van der Waals surface area contributed by atoms with Gasteiger partial charge in [0, 0.05) is 13.0 Å². The van der Waals surface area contributed by atoms with E-state index in [4.69, 9.17) is 10.00 Å². The molecule has 2 aliphatic carbocycles. The van der Waals surface area contributed by atoms with Crippen LogP contribution in [0.2, 0.25) is 0 Å². The van der Waals surface area contributed by atoms with E-state index in [2.05, 4.69) is 25.1 Å². The summed E-state index contributed by atoms with van der Waals surface area (Å²) in [7, 11) is 0. The van der Waals surface area contributed by atoms with Crippen LogP contribution in [0.3, 0.4) is 0 Å². The maximum Gasteiger partial charge on any atom is 0.0724 e. The average molecular weight is 317 g/mol. The van der Waals surface area contributed by atoms with Crippen LogP contribution >= 0.6 is 0 Å². The molecule has 0 heterocycles. The molecule has 3 nitrogen and oxygen atoms in total. The number of nitriles is 1. The molecule has 0 radical (unpaired) electrons. The Morgan fingerprint density at radius 2 is 2.26 bits per heavy atom. The number of allylic oxidation sites excluding steroid dienone is 3. The lowest BCUT2D eigenvalue weighted by Gasteiger charge is -2.13. The van der Waals surface area contributed by atoms with Crippen molar-refractivity contribution in [2.45, 2.75) is 76.9 Å². The molecule has 1 saturated carbocycles. The Balaban J connectivity index is 1.72. The first-order chi connectivity index (χ1) is 11.2. The second-order valence-electron chi connectivity index (χ2n) is 6.95. The Bertz CT molecular complexity index is 449. The first kappa shape index (κ1) is 18.2. The molecule has 0 aromatic heterocycles. The molecule has 3 heteroatoms. The molecule has 0 saturated heterocycles. The topological polar surface area (TPSA) is 53.2 Å². The highest BCUT2D eigenvalue weighted by Gasteiger charge is 2.38. The number of rotatable bonds is 10. The van der Waals surface area contributed by atoms with Gasteiger partial charge in [0.2, 0.25) is 0 Å².